The van der Waals surface area contributed by atoms with Gasteiger partial charge in [0.1, 0.15) is 10.6 Å². The molecule has 1 atom stereocenters. The molecule has 0 aliphatic heterocycles. The molecule has 13 heteroatoms. The summed E-state index contributed by atoms with van der Waals surface area (Å²) >= 11 is 6.13. The number of sulfonamides is 1. The van der Waals surface area contributed by atoms with Gasteiger partial charge in [-0.05, 0) is 29.3 Å². The van der Waals surface area contributed by atoms with E-state index in [9.17, 15) is 26.4 Å². The first-order valence-corrected chi connectivity index (χ1v) is 10.0. The zero-order valence-electron chi connectivity index (χ0n) is 14.8. The van der Waals surface area contributed by atoms with Crippen molar-refractivity contribution in [2.75, 3.05) is 0 Å². The first-order valence-electron chi connectivity index (χ1n) is 8.10. The molecule has 0 spiro atoms. The highest BCUT2D eigenvalue weighted by Gasteiger charge is 2.35. The SMILES string of the molecule is NC(=O)C(c1ccc(-n2ncc(C(F)(F)F)n2)c(S(N)(=O)=O)c1)c1ccccc1Cl. The number of hydrogen-bond acceptors (Lipinski definition) is 5. The molecular formula is C17H13ClF3N5O3S. The Kier molecular flexibility index (Phi) is 5.58. The minimum absolute atomic E-state index is 0.117. The molecule has 30 heavy (non-hydrogen) atoms. The third-order valence-electron chi connectivity index (χ3n) is 4.12. The molecule has 0 aliphatic carbocycles. The molecule has 0 aliphatic rings. The highest BCUT2D eigenvalue weighted by molar-refractivity contribution is 7.89. The number of nitrogens with two attached hydrogens (primary N) is 2. The van der Waals surface area contributed by atoms with Crippen LogP contribution in [0.5, 0.6) is 0 Å². The van der Waals surface area contributed by atoms with Gasteiger partial charge in [-0.1, -0.05) is 35.9 Å². The Morgan fingerprint density at radius 1 is 1.17 bits per heavy atom. The van der Waals surface area contributed by atoms with E-state index in [-0.39, 0.29) is 16.3 Å². The fourth-order valence-corrected chi connectivity index (χ4v) is 3.81. The molecule has 0 radical (unpaired) electrons. The quantitative estimate of drug-likeness (QED) is 0.603. The van der Waals surface area contributed by atoms with Crippen LogP contribution in [0.15, 0.2) is 53.6 Å². The highest BCUT2D eigenvalue weighted by Crippen LogP contribution is 2.33. The van der Waals surface area contributed by atoms with Crippen molar-refractivity contribution in [2.45, 2.75) is 17.0 Å². The normalized spacial score (nSPS) is 13.2. The molecule has 3 rings (SSSR count). The van der Waals surface area contributed by atoms with Crippen LogP contribution in [0.25, 0.3) is 5.69 Å². The Hall–Kier alpha value is -2.96. The fourth-order valence-electron chi connectivity index (χ4n) is 2.82. The number of carbonyl (C=O) groups excluding carboxylic acids is 1. The van der Waals surface area contributed by atoms with Crippen LogP contribution in [0.2, 0.25) is 5.02 Å². The number of rotatable bonds is 5. The lowest BCUT2D eigenvalue weighted by molar-refractivity contribution is -0.141. The van der Waals surface area contributed by atoms with Crippen LogP contribution in [-0.2, 0) is 21.0 Å². The minimum Gasteiger partial charge on any atom is -0.369 e. The van der Waals surface area contributed by atoms with Gasteiger partial charge in [0.25, 0.3) is 0 Å². The van der Waals surface area contributed by atoms with E-state index >= 15 is 0 Å². The number of primary amides is 1. The van der Waals surface area contributed by atoms with E-state index in [1.165, 1.54) is 18.2 Å². The maximum atomic E-state index is 12.8. The Balaban J connectivity index is 2.19. The average Bonchev–Trinajstić information content (AvgIpc) is 3.13. The molecule has 2 aromatic carbocycles. The molecular weight excluding hydrogens is 447 g/mol. The Labute approximate surface area is 173 Å². The van der Waals surface area contributed by atoms with E-state index < -0.39 is 38.6 Å². The van der Waals surface area contributed by atoms with Gasteiger partial charge in [0.05, 0.1) is 12.1 Å². The van der Waals surface area contributed by atoms with Crippen LogP contribution in [0, 0.1) is 0 Å². The van der Waals surface area contributed by atoms with Crippen LogP contribution in [0.1, 0.15) is 22.7 Å². The van der Waals surface area contributed by atoms with Crippen LogP contribution in [0.4, 0.5) is 13.2 Å². The van der Waals surface area contributed by atoms with Crippen molar-refractivity contribution in [3.05, 3.63) is 70.5 Å². The summed E-state index contributed by atoms with van der Waals surface area (Å²) in [4.78, 5) is 12.0. The average molecular weight is 460 g/mol. The van der Waals surface area contributed by atoms with Gasteiger partial charge in [-0.25, -0.2) is 13.6 Å². The number of nitrogens with zero attached hydrogens (tertiary/aromatic N) is 3. The predicted octanol–water partition coefficient (Wildman–Crippen LogP) is 2.20. The van der Waals surface area contributed by atoms with Crippen LogP contribution >= 0.6 is 11.6 Å². The molecule has 1 unspecified atom stereocenters. The van der Waals surface area contributed by atoms with E-state index in [0.717, 1.165) is 12.1 Å². The third-order valence-corrected chi connectivity index (χ3v) is 5.41. The van der Waals surface area contributed by atoms with Gasteiger partial charge >= 0.3 is 6.18 Å². The second-order valence-electron chi connectivity index (χ2n) is 6.15. The number of aromatic nitrogens is 3. The summed E-state index contributed by atoms with van der Waals surface area (Å²) in [5.41, 5.74) is 4.27. The summed E-state index contributed by atoms with van der Waals surface area (Å²) in [7, 11) is -4.45. The number of amides is 1. The molecule has 0 bridgehead atoms. The van der Waals surface area contributed by atoms with Crippen molar-refractivity contribution in [2.24, 2.45) is 10.9 Å². The molecule has 8 nitrogen and oxygen atoms in total. The first-order chi connectivity index (χ1) is 13.9. The predicted molar refractivity (Wildman–Crippen MR) is 100 cm³/mol. The van der Waals surface area contributed by atoms with Gasteiger partial charge in [-0.15, -0.1) is 9.90 Å². The zero-order chi connectivity index (χ0) is 22.3. The number of primary sulfonamides is 1. The molecule has 3 aromatic rings. The summed E-state index contributed by atoms with van der Waals surface area (Å²) < 4.78 is 62.7. The number of alkyl halides is 3. The topological polar surface area (TPSA) is 134 Å². The van der Waals surface area contributed by atoms with Crippen molar-refractivity contribution in [1.29, 1.82) is 0 Å². The van der Waals surface area contributed by atoms with E-state index in [4.69, 9.17) is 22.5 Å². The monoisotopic (exact) mass is 459 g/mol. The van der Waals surface area contributed by atoms with Crippen molar-refractivity contribution >= 4 is 27.5 Å². The standard InChI is InChI=1S/C17H13ClF3N5O3S/c18-11-4-2-1-3-10(11)15(16(22)27)9-5-6-12(13(7-9)30(23,28)29)26-24-8-14(25-26)17(19,20)21/h1-8,15H,(H2,22,27)(H2,23,28,29). The lowest BCUT2D eigenvalue weighted by Gasteiger charge is -2.17. The Bertz CT molecular complexity index is 1230. The lowest BCUT2D eigenvalue weighted by Crippen LogP contribution is -2.24. The lowest BCUT2D eigenvalue weighted by atomic mass is 9.90. The van der Waals surface area contributed by atoms with E-state index in [0.29, 0.717) is 16.6 Å². The van der Waals surface area contributed by atoms with Gasteiger partial charge in [-0.3, -0.25) is 4.79 Å². The largest absolute Gasteiger partial charge is 0.436 e. The van der Waals surface area contributed by atoms with Gasteiger partial charge in [0.2, 0.25) is 15.9 Å². The summed E-state index contributed by atoms with van der Waals surface area (Å²) in [6, 6.07) is 9.76. The van der Waals surface area contributed by atoms with Gasteiger partial charge in [0, 0.05) is 5.02 Å². The maximum Gasteiger partial charge on any atom is 0.436 e. The maximum absolute atomic E-state index is 12.8. The molecule has 1 aromatic heterocycles. The fraction of sp³-hybridized carbons (Fsp3) is 0.118. The summed E-state index contributed by atoms with van der Waals surface area (Å²) in [5.74, 6) is -1.96. The van der Waals surface area contributed by atoms with E-state index in [1.807, 2.05) is 0 Å². The summed E-state index contributed by atoms with van der Waals surface area (Å²) in [6.45, 7) is 0. The molecule has 0 saturated carbocycles. The molecule has 1 amide bonds. The van der Waals surface area contributed by atoms with Gasteiger partial charge in [-0.2, -0.15) is 18.3 Å². The van der Waals surface area contributed by atoms with Crippen molar-refractivity contribution < 1.29 is 26.4 Å². The number of hydrogen-bond donors (Lipinski definition) is 2. The van der Waals surface area contributed by atoms with Gasteiger partial charge in [0.15, 0.2) is 5.69 Å². The van der Waals surface area contributed by atoms with Crippen LogP contribution in [-0.4, -0.2) is 29.3 Å². The Morgan fingerprint density at radius 3 is 2.37 bits per heavy atom. The van der Waals surface area contributed by atoms with Crippen LogP contribution in [0.3, 0.4) is 0 Å². The Morgan fingerprint density at radius 2 is 1.83 bits per heavy atom. The van der Waals surface area contributed by atoms with Crippen LogP contribution < -0.4 is 10.9 Å². The number of carbonyl (C=O) groups is 1. The third kappa shape index (κ3) is 4.30. The smallest absolute Gasteiger partial charge is 0.369 e. The second-order valence-corrected chi connectivity index (χ2v) is 8.08. The molecule has 4 N–H and O–H groups in total. The van der Waals surface area contributed by atoms with E-state index in [1.54, 1.807) is 12.1 Å². The van der Waals surface area contributed by atoms with Crippen molar-refractivity contribution in [3.8, 4) is 5.69 Å². The number of benzene rings is 2. The molecule has 1 heterocycles. The summed E-state index contributed by atoms with van der Waals surface area (Å²) in [6.07, 6.45) is -4.34. The van der Waals surface area contributed by atoms with Gasteiger partial charge < -0.3 is 5.73 Å². The molecule has 0 saturated heterocycles. The van der Waals surface area contributed by atoms with E-state index in [2.05, 4.69) is 10.2 Å². The number of halogens is 4. The highest BCUT2D eigenvalue weighted by atomic mass is 35.5. The second kappa shape index (κ2) is 7.70. The van der Waals surface area contributed by atoms with Crippen molar-refractivity contribution in [1.82, 2.24) is 15.0 Å². The molecule has 158 valence electrons. The molecule has 0 fully saturated rings. The zero-order valence-corrected chi connectivity index (χ0v) is 16.4. The minimum atomic E-state index is -4.78. The summed E-state index contributed by atoms with van der Waals surface area (Å²) in [5, 5.41) is 12.2. The first kappa shape index (κ1) is 21.7. The van der Waals surface area contributed by atoms with Crippen molar-refractivity contribution in [3.63, 3.8) is 0 Å².